The fourth-order valence-electron chi connectivity index (χ4n) is 2.43. The zero-order chi connectivity index (χ0) is 14.1. The Kier molecular flexibility index (Phi) is 3.03. The topological polar surface area (TPSA) is 34.0 Å². The van der Waals surface area contributed by atoms with Crippen LogP contribution < -0.4 is 5.43 Å². The maximum Gasteiger partial charge on any atom is 0.235 e. The van der Waals surface area contributed by atoms with Gasteiger partial charge >= 0.3 is 0 Å². The molecule has 1 heterocycles. The lowest BCUT2D eigenvalue weighted by Crippen LogP contribution is -2.20. The smallest absolute Gasteiger partial charge is 0.235 e. The van der Waals surface area contributed by atoms with Gasteiger partial charge in [0.2, 0.25) is 5.91 Å². The van der Waals surface area contributed by atoms with E-state index in [-0.39, 0.29) is 5.91 Å². The highest BCUT2D eigenvalue weighted by atomic mass is 16.2. The van der Waals surface area contributed by atoms with Gasteiger partial charge in [-0.1, -0.05) is 42.0 Å². The van der Waals surface area contributed by atoms with Gasteiger partial charge in [0, 0.05) is 17.9 Å². The van der Waals surface area contributed by atoms with E-state index in [1.165, 1.54) is 12.5 Å². The molecule has 0 unspecified atom stereocenters. The summed E-state index contributed by atoms with van der Waals surface area (Å²) in [6.07, 6.45) is 0. The number of benzene rings is 2. The van der Waals surface area contributed by atoms with Crippen molar-refractivity contribution in [3.05, 3.63) is 60.2 Å². The number of amides is 1. The van der Waals surface area contributed by atoms with Crippen LogP contribution in [0, 0.1) is 6.92 Å². The van der Waals surface area contributed by atoms with Crippen LogP contribution in [0.5, 0.6) is 0 Å². The second-order valence-corrected chi connectivity index (χ2v) is 4.96. The predicted molar refractivity (Wildman–Crippen MR) is 82.2 cm³/mol. The molecule has 0 bridgehead atoms. The molecule has 0 aliphatic heterocycles. The molecule has 0 aliphatic carbocycles. The molecule has 1 aromatic heterocycles. The Balaban J connectivity index is 2.27. The minimum Gasteiger partial charge on any atom is -0.274 e. The monoisotopic (exact) mass is 264 g/mol. The van der Waals surface area contributed by atoms with E-state index in [0.717, 1.165) is 22.2 Å². The van der Waals surface area contributed by atoms with Crippen molar-refractivity contribution in [3.8, 4) is 11.3 Å². The molecule has 3 aromatic rings. The standard InChI is InChI=1S/C17H16N2O/c1-12-8-9-16-15(10-12)11-17(19(16)18-13(2)20)14-6-4-3-5-7-14/h3-11H,1-2H3,(H,18,20). The third-order valence-electron chi connectivity index (χ3n) is 3.30. The molecule has 0 spiro atoms. The number of rotatable bonds is 2. The van der Waals surface area contributed by atoms with Gasteiger partial charge in [0.15, 0.2) is 0 Å². The van der Waals surface area contributed by atoms with Crippen LogP contribution in [0.15, 0.2) is 54.6 Å². The van der Waals surface area contributed by atoms with Gasteiger partial charge in [0.1, 0.15) is 0 Å². The van der Waals surface area contributed by atoms with Crippen molar-refractivity contribution >= 4 is 16.8 Å². The zero-order valence-corrected chi connectivity index (χ0v) is 11.6. The maximum atomic E-state index is 11.5. The average Bonchev–Trinajstić information content (AvgIpc) is 2.77. The quantitative estimate of drug-likeness (QED) is 0.752. The molecule has 0 fully saturated rings. The summed E-state index contributed by atoms with van der Waals surface area (Å²) in [6, 6.07) is 18.4. The Morgan fingerprint density at radius 3 is 2.50 bits per heavy atom. The normalized spacial score (nSPS) is 10.7. The van der Waals surface area contributed by atoms with E-state index in [1.807, 2.05) is 41.1 Å². The molecular formula is C17H16N2O. The number of carbonyl (C=O) groups is 1. The first-order chi connectivity index (χ1) is 9.65. The van der Waals surface area contributed by atoms with E-state index in [2.05, 4.69) is 30.5 Å². The Labute approximate surface area is 117 Å². The van der Waals surface area contributed by atoms with Crippen LogP contribution in [-0.4, -0.2) is 10.6 Å². The Morgan fingerprint density at radius 1 is 1.05 bits per heavy atom. The zero-order valence-electron chi connectivity index (χ0n) is 11.6. The second-order valence-electron chi connectivity index (χ2n) is 4.96. The minimum absolute atomic E-state index is 0.0831. The molecule has 0 saturated heterocycles. The third-order valence-corrected chi connectivity index (χ3v) is 3.30. The first-order valence-corrected chi connectivity index (χ1v) is 6.60. The number of hydrogen-bond acceptors (Lipinski definition) is 1. The molecule has 2 aromatic carbocycles. The number of nitrogens with one attached hydrogen (secondary N) is 1. The lowest BCUT2D eigenvalue weighted by atomic mass is 10.1. The summed E-state index contributed by atoms with van der Waals surface area (Å²) >= 11 is 0. The Bertz CT molecular complexity index is 772. The Hall–Kier alpha value is -2.55. The number of carbonyl (C=O) groups excluding carboxylic acids is 1. The van der Waals surface area contributed by atoms with E-state index in [9.17, 15) is 4.79 Å². The summed E-state index contributed by atoms with van der Waals surface area (Å²) in [6.45, 7) is 3.59. The van der Waals surface area contributed by atoms with Gasteiger partial charge in [0.05, 0.1) is 11.2 Å². The molecular weight excluding hydrogens is 248 g/mol. The van der Waals surface area contributed by atoms with Crippen LogP contribution >= 0.6 is 0 Å². The maximum absolute atomic E-state index is 11.5. The molecule has 0 aliphatic rings. The van der Waals surface area contributed by atoms with Gasteiger partial charge in [-0.25, -0.2) is 0 Å². The molecule has 0 radical (unpaired) electrons. The highest BCUT2D eigenvalue weighted by Gasteiger charge is 2.11. The summed E-state index contributed by atoms with van der Waals surface area (Å²) in [7, 11) is 0. The molecule has 20 heavy (non-hydrogen) atoms. The van der Waals surface area contributed by atoms with Crippen LogP contribution in [0.4, 0.5) is 0 Å². The highest BCUT2D eigenvalue weighted by molar-refractivity contribution is 5.91. The van der Waals surface area contributed by atoms with Gasteiger partial charge < -0.3 is 0 Å². The largest absolute Gasteiger partial charge is 0.274 e. The van der Waals surface area contributed by atoms with Crippen molar-refractivity contribution in [2.24, 2.45) is 0 Å². The SMILES string of the molecule is CC(=O)Nn1c(-c2ccccc2)cc2cc(C)ccc21. The molecule has 0 saturated carbocycles. The van der Waals surface area contributed by atoms with Crippen molar-refractivity contribution in [2.45, 2.75) is 13.8 Å². The number of aryl methyl sites for hydroxylation is 1. The molecule has 1 amide bonds. The first kappa shape index (κ1) is 12.5. The van der Waals surface area contributed by atoms with Gasteiger partial charge in [-0.2, -0.15) is 0 Å². The summed E-state index contributed by atoms with van der Waals surface area (Å²) < 4.78 is 1.85. The van der Waals surface area contributed by atoms with Crippen molar-refractivity contribution < 1.29 is 4.79 Å². The summed E-state index contributed by atoms with van der Waals surface area (Å²) in [5.41, 5.74) is 7.17. The van der Waals surface area contributed by atoms with Crippen LogP contribution in [0.3, 0.4) is 0 Å². The van der Waals surface area contributed by atoms with E-state index in [0.29, 0.717) is 0 Å². The lowest BCUT2D eigenvalue weighted by Gasteiger charge is -2.11. The van der Waals surface area contributed by atoms with Gasteiger partial charge in [-0.15, -0.1) is 0 Å². The highest BCUT2D eigenvalue weighted by Crippen LogP contribution is 2.27. The van der Waals surface area contributed by atoms with Crippen LogP contribution in [0.2, 0.25) is 0 Å². The molecule has 3 heteroatoms. The van der Waals surface area contributed by atoms with E-state index >= 15 is 0 Å². The fourth-order valence-corrected chi connectivity index (χ4v) is 2.43. The predicted octanol–water partition coefficient (Wildman–Crippen LogP) is 3.71. The second kappa shape index (κ2) is 4.85. The first-order valence-electron chi connectivity index (χ1n) is 6.60. The molecule has 100 valence electrons. The molecule has 3 rings (SSSR count). The minimum atomic E-state index is -0.0831. The number of hydrogen-bond donors (Lipinski definition) is 1. The van der Waals surface area contributed by atoms with Gasteiger partial charge in [-0.3, -0.25) is 14.9 Å². The summed E-state index contributed by atoms with van der Waals surface area (Å²) in [5, 5.41) is 1.12. The summed E-state index contributed by atoms with van der Waals surface area (Å²) in [4.78, 5) is 11.5. The van der Waals surface area contributed by atoms with E-state index < -0.39 is 0 Å². The van der Waals surface area contributed by atoms with Crippen LogP contribution in [-0.2, 0) is 4.79 Å². The lowest BCUT2D eigenvalue weighted by molar-refractivity contribution is -0.115. The third kappa shape index (κ3) is 2.18. The Morgan fingerprint density at radius 2 is 1.80 bits per heavy atom. The molecule has 1 N–H and O–H groups in total. The molecule has 3 nitrogen and oxygen atoms in total. The number of nitrogens with zero attached hydrogens (tertiary/aromatic N) is 1. The fraction of sp³-hybridized carbons (Fsp3) is 0.118. The number of fused-ring (bicyclic) bond motifs is 1. The van der Waals surface area contributed by atoms with Gasteiger partial charge in [0.25, 0.3) is 0 Å². The van der Waals surface area contributed by atoms with E-state index in [1.54, 1.807) is 0 Å². The molecule has 0 atom stereocenters. The van der Waals surface area contributed by atoms with E-state index in [4.69, 9.17) is 0 Å². The van der Waals surface area contributed by atoms with Crippen molar-refractivity contribution in [1.29, 1.82) is 0 Å². The van der Waals surface area contributed by atoms with Crippen molar-refractivity contribution in [3.63, 3.8) is 0 Å². The van der Waals surface area contributed by atoms with Crippen LogP contribution in [0.25, 0.3) is 22.2 Å². The number of aromatic nitrogens is 1. The van der Waals surface area contributed by atoms with Gasteiger partial charge in [-0.05, 0) is 25.1 Å². The van der Waals surface area contributed by atoms with Crippen LogP contribution in [0.1, 0.15) is 12.5 Å². The van der Waals surface area contributed by atoms with Crippen molar-refractivity contribution in [1.82, 2.24) is 4.68 Å². The van der Waals surface area contributed by atoms with Crippen molar-refractivity contribution in [2.75, 3.05) is 5.43 Å². The average molecular weight is 264 g/mol. The summed E-state index contributed by atoms with van der Waals surface area (Å²) in [5.74, 6) is -0.0831.